The zero-order valence-corrected chi connectivity index (χ0v) is 13.9. The minimum atomic E-state index is -3.46. The van der Waals surface area contributed by atoms with E-state index < -0.39 is 10.0 Å². The standard InChI is InChI=1S/C15H25N3O2S/c1-4-7-17-8-10-18(11-9-17)21(19,20)15-12(2)5-6-14(16)13(15)3/h5-6H,4,7-11,16H2,1-3H3. The summed E-state index contributed by atoms with van der Waals surface area (Å²) in [6, 6.07) is 3.55. The van der Waals surface area contributed by atoms with Gasteiger partial charge in [0.25, 0.3) is 0 Å². The molecule has 1 aliphatic heterocycles. The second kappa shape index (κ2) is 6.34. The number of piperazine rings is 1. The van der Waals surface area contributed by atoms with Crippen molar-refractivity contribution >= 4 is 15.7 Å². The molecule has 6 heteroatoms. The van der Waals surface area contributed by atoms with E-state index in [2.05, 4.69) is 11.8 Å². The number of anilines is 1. The van der Waals surface area contributed by atoms with Gasteiger partial charge in [0.05, 0.1) is 4.90 Å². The highest BCUT2D eigenvalue weighted by Gasteiger charge is 2.30. The monoisotopic (exact) mass is 311 g/mol. The van der Waals surface area contributed by atoms with Crippen LogP contribution in [0.1, 0.15) is 24.5 Å². The Balaban J connectivity index is 2.26. The molecule has 1 aromatic rings. The number of aryl methyl sites for hydroxylation is 1. The van der Waals surface area contributed by atoms with Gasteiger partial charge in [-0.1, -0.05) is 13.0 Å². The van der Waals surface area contributed by atoms with Crippen molar-refractivity contribution in [3.63, 3.8) is 0 Å². The maximum Gasteiger partial charge on any atom is 0.243 e. The van der Waals surface area contributed by atoms with Gasteiger partial charge < -0.3 is 10.6 Å². The molecular formula is C15H25N3O2S. The summed E-state index contributed by atoms with van der Waals surface area (Å²) in [6.07, 6.45) is 1.10. The Morgan fingerprint density at radius 3 is 2.33 bits per heavy atom. The second-order valence-electron chi connectivity index (χ2n) is 5.67. The van der Waals surface area contributed by atoms with Crippen LogP contribution in [0.3, 0.4) is 0 Å². The van der Waals surface area contributed by atoms with Gasteiger partial charge in [-0.2, -0.15) is 4.31 Å². The maximum absolute atomic E-state index is 12.9. The van der Waals surface area contributed by atoms with Gasteiger partial charge in [-0.25, -0.2) is 8.42 Å². The Morgan fingerprint density at radius 1 is 1.14 bits per heavy atom. The number of rotatable bonds is 4. The lowest BCUT2D eigenvalue weighted by Crippen LogP contribution is -2.48. The fourth-order valence-electron chi connectivity index (χ4n) is 2.88. The van der Waals surface area contributed by atoms with Crippen molar-refractivity contribution in [3.05, 3.63) is 23.3 Å². The van der Waals surface area contributed by atoms with Crippen molar-refractivity contribution in [2.24, 2.45) is 0 Å². The highest BCUT2D eigenvalue weighted by atomic mass is 32.2. The van der Waals surface area contributed by atoms with Crippen LogP contribution >= 0.6 is 0 Å². The van der Waals surface area contributed by atoms with Crippen molar-refractivity contribution < 1.29 is 8.42 Å². The molecule has 118 valence electrons. The SMILES string of the molecule is CCCN1CCN(S(=O)(=O)c2c(C)ccc(N)c2C)CC1. The van der Waals surface area contributed by atoms with Crippen molar-refractivity contribution in [2.75, 3.05) is 38.5 Å². The lowest BCUT2D eigenvalue weighted by Gasteiger charge is -2.34. The Kier molecular flexibility index (Phi) is 4.91. The Bertz CT molecular complexity index is 606. The van der Waals surface area contributed by atoms with E-state index in [9.17, 15) is 8.42 Å². The summed E-state index contributed by atoms with van der Waals surface area (Å²) in [5.74, 6) is 0. The molecule has 0 spiro atoms. The average Bonchev–Trinajstić information content (AvgIpc) is 2.44. The van der Waals surface area contributed by atoms with Gasteiger partial charge in [0.1, 0.15) is 0 Å². The molecule has 0 saturated carbocycles. The first-order valence-corrected chi connectivity index (χ1v) is 8.90. The molecule has 1 aliphatic rings. The number of nitrogen functional groups attached to an aromatic ring is 1. The number of nitrogens with zero attached hydrogens (tertiary/aromatic N) is 2. The molecule has 0 bridgehead atoms. The van der Waals surface area contributed by atoms with Gasteiger partial charge in [-0.3, -0.25) is 0 Å². The predicted octanol–water partition coefficient (Wildman–Crippen LogP) is 1.60. The molecule has 1 heterocycles. The minimum Gasteiger partial charge on any atom is -0.398 e. The zero-order valence-electron chi connectivity index (χ0n) is 13.1. The van der Waals surface area contributed by atoms with Crippen molar-refractivity contribution in [1.82, 2.24) is 9.21 Å². The van der Waals surface area contributed by atoms with Gasteiger partial charge in [-0.05, 0) is 44.0 Å². The van der Waals surface area contributed by atoms with Crippen LogP contribution in [-0.2, 0) is 10.0 Å². The normalized spacial score (nSPS) is 18.0. The van der Waals surface area contributed by atoms with E-state index >= 15 is 0 Å². The molecule has 2 rings (SSSR count). The fourth-order valence-corrected chi connectivity index (χ4v) is 4.76. The molecule has 1 aromatic carbocycles. The number of hydrogen-bond donors (Lipinski definition) is 1. The van der Waals surface area contributed by atoms with Crippen molar-refractivity contribution in [3.8, 4) is 0 Å². The molecule has 1 fully saturated rings. The van der Waals surface area contributed by atoms with E-state index in [1.807, 2.05) is 6.92 Å². The maximum atomic E-state index is 12.9. The Hall–Kier alpha value is -1.11. The van der Waals surface area contributed by atoms with Crippen LogP contribution < -0.4 is 5.73 Å². The summed E-state index contributed by atoms with van der Waals surface area (Å²) in [4.78, 5) is 2.69. The third kappa shape index (κ3) is 3.22. The summed E-state index contributed by atoms with van der Waals surface area (Å²) in [5.41, 5.74) is 7.84. The van der Waals surface area contributed by atoms with E-state index in [0.717, 1.165) is 31.6 Å². The summed E-state index contributed by atoms with van der Waals surface area (Å²) in [5, 5.41) is 0. The number of benzene rings is 1. The first-order chi connectivity index (χ1) is 9.87. The Labute approximate surface area is 127 Å². The van der Waals surface area contributed by atoms with Gasteiger partial charge in [0.2, 0.25) is 10.0 Å². The van der Waals surface area contributed by atoms with Crippen LogP contribution in [0, 0.1) is 13.8 Å². The molecule has 2 N–H and O–H groups in total. The lowest BCUT2D eigenvalue weighted by atomic mass is 10.1. The van der Waals surface area contributed by atoms with Crippen LogP contribution in [0.4, 0.5) is 5.69 Å². The molecule has 0 amide bonds. The summed E-state index contributed by atoms with van der Waals surface area (Å²) >= 11 is 0. The van der Waals surface area contributed by atoms with E-state index in [4.69, 9.17) is 5.73 Å². The molecular weight excluding hydrogens is 286 g/mol. The molecule has 0 atom stereocenters. The number of hydrogen-bond acceptors (Lipinski definition) is 4. The van der Waals surface area contributed by atoms with Crippen LogP contribution in [0.15, 0.2) is 17.0 Å². The summed E-state index contributed by atoms with van der Waals surface area (Å²) in [6.45, 7) is 9.48. The van der Waals surface area contributed by atoms with Crippen molar-refractivity contribution in [2.45, 2.75) is 32.1 Å². The minimum absolute atomic E-state index is 0.381. The van der Waals surface area contributed by atoms with Gasteiger partial charge in [-0.15, -0.1) is 0 Å². The predicted molar refractivity (Wildman–Crippen MR) is 85.8 cm³/mol. The highest BCUT2D eigenvalue weighted by molar-refractivity contribution is 7.89. The third-order valence-corrected chi connectivity index (χ3v) is 6.30. The fraction of sp³-hybridized carbons (Fsp3) is 0.600. The molecule has 5 nitrogen and oxygen atoms in total. The van der Waals surface area contributed by atoms with E-state index in [0.29, 0.717) is 29.2 Å². The van der Waals surface area contributed by atoms with Gasteiger partial charge >= 0.3 is 0 Å². The van der Waals surface area contributed by atoms with Crippen LogP contribution in [-0.4, -0.2) is 50.3 Å². The summed E-state index contributed by atoms with van der Waals surface area (Å²) in [7, 11) is -3.46. The van der Waals surface area contributed by atoms with Gasteiger partial charge in [0.15, 0.2) is 0 Å². The number of nitrogens with two attached hydrogens (primary N) is 1. The zero-order chi connectivity index (χ0) is 15.6. The van der Waals surface area contributed by atoms with E-state index in [1.165, 1.54) is 0 Å². The largest absolute Gasteiger partial charge is 0.398 e. The number of sulfonamides is 1. The summed E-state index contributed by atoms with van der Waals surface area (Å²) < 4.78 is 27.4. The Morgan fingerprint density at radius 2 is 1.76 bits per heavy atom. The van der Waals surface area contributed by atoms with E-state index in [-0.39, 0.29) is 0 Å². The molecule has 0 aliphatic carbocycles. The first-order valence-electron chi connectivity index (χ1n) is 7.46. The topological polar surface area (TPSA) is 66.6 Å². The third-order valence-electron chi connectivity index (χ3n) is 4.11. The van der Waals surface area contributed by atoms with Gasteiger partial charge in [0, 0.05) is 31.9 Å². The van der Waals surface area contributed by atoms with Crippen LogP contribution in [0.25, 0.3) is 0 Å². The molecule has 0 aromatic heterocycles. The molecule has 0 unspecified atom stereocenters. The molecule has 0 radical (unpaired) electrons. The molecule has 1 saturated heterocycles. The smallest absolute Gasteiger partial charge is 0.243 e. The van der Waals surface area contributed by atoms with Crippen LogP contribution in [0.2, 0.25) is 0 Å². The van der Waals surface area contributed by atoms with Crippen molar-refractivity contribution in [1.29, 1.82) is 0 Å². The lowest BCUT2D eigenvalue weighted by molar-refractivity contribution is 0.188. The quantitative estimate of drug-likeness (QED) is 0.858. The average molecular weight is 311 g/mol. The molecule has 21 heavy (non-hydrogen) atoms. The highest BCUT2D eigenvalue weighted by Crippen LogP contribution is 2.28. The van der Waals surface area contributed by atoms with E-state index in [1.54, 1.807) is 23.4 Å². The first kappa shape index (κ1) is 16.3. The van der Waals surface area contributed by atoms with Crippen LogP contribution in [0.5, 0.6) is 0 Å². The second-order valence-corrected chi connectivity index (χ2v) is 7.55.